The number of carboxylic acid groups (broad SMARTS) is 1. The van der Waals surface area contributed by atoms with Crippen LogP contribution in [0.4, 0.5) is 0 Å². The predicted octanol–water partition coefficient (Wildman–Crippen LogP) is 3.02. The molecule has 1 fully saturated rings. The normalized spacial score (nSPS) is 21.8. The molecule has 0 heterocycles. The van der Waals surface area contributed by atoms with Gasteiger partial charge in [-0.05, 0) is 56.7 Å². The third-order valence-corrected chi connectivity index (χ3v) is 4.81. The standard InChI is InChI=1S/C19H27NO4/c1-13(6-7-14-8-10-17(24-2)11-9-14)20-18(21)15-4-3-5-16(12-15)19(22)23/h8-11,13,15-16H,3-7,12H2,1-2H3,(H,20,21)(H,22,23). The minimum Gasteiger partial charge on any atom is -0.497 e. The lowest BCUT2D eigenvalue weighted by Gasteiger charge is -2.27. The molecule has 1 aromatic rings. The van der Waals surface area contributed by atoms with Gasteiger partial charge in [-0.3, -0.25) is 9.59 Å². The molecule has 0 aromatic heterocycles. The Morgan fingerprint density at radius 1 is 1.25 bits per heavy atom. The number of aliphatic carboxylic acids is 1. The lowest BCUT2D eigenvalue weighted by atomic mass is 9.81. The quantitative estimate of drug-likeness (QED) is 0.804. The Morgan fingerprint density at radius 3 is 2.54 bits per heavy atom. The molecule has 5 nitrogen and oxygen atoms in total. The molecule has 1 aliphatic rings. The summed E-state index contributed by atoms with van der Waals surface area (Å²) in [5.41, 5.74) is 1.21. The Kier molecular flexibility index (Phi) is 6.64. The molecule has 1 aromatic carbocycles. The Morgan fingerprint density at radius 2 is 1.92 bits per heavy atom. The predicted molar refractivity (Wildman–Crippen MR) is 92.0 cm³/mol. The summed E-state index contributed by atoms with van der Waals surface area (Å²) in [7, 11) is 1.65. The van der Waals surface area contributed by atoms with Gasteiger partial charge >= 0.3 is 5.97 Å². The maximum Gasteiger partial charge on any atom is 0.306 e. The highest BCUT2D eigenvalue weighted by Gasteiger charge is 2.31. The molecule has 2 rings (SSSR count). The second-order valence-electron chi connectivity index (χ2n) is 6.70. The van der Waals surface area contributed by atoms with Crippen LogP contribution in [0.1, 0.15) is 44.6 Å². The van der Waals surface area contributed by atoms with Crippen molar-refractivity contribution in [2.24, 2.45) is 11.8 Å². The Balaban J connectivity index is 1.77. The zero-order valence-electron chi connectivity index (χ0n) is 14.5. The number of amides is 1. The Hall–Kier alpha value is -2.04. The molecular weight excluding hydrogens is 306 g/mol. The average molecular weight is 333 g/mol. The van der Waals surface area contributed by atoms with Crippen molar-refractivity contribution >= 4 is 11.9 Å². The number of hydrogen-bond acceptors (Lipinski definition) is 3. The fourth-order valence-corrected chi connectivity index (χ4v) is 3.26. The first kappa shape index (κ1) is 18.3. The number of benzene rings is 1. The van der Waals surface area contributed by atoms with E-state index in [1.54, 1.807) is 7.11 Å². The van der Waals surface area contributed by atoms with Crippen molar-refractivity contribution < 1.29 is 19.4 Å². The summed E-state index contributed by atoms with van der Waals surface area (Å²) >= 11 is 0. The molecule has 3 unspecified atom stereocenters. The molecule has 1 saturated carbocycles. The van der Waals surface area contributed by atoms with Gasteiger partial charge < -0.3 is 15.2 Å². The monoisotopic (exact) mass is 333 g/mol. The van der Waals surface area contributed by atoms with Gasteiger partial charge in [0.05, 0.1) is 13.0 Å². The van der Waals surface area contributed by atoms with Crippen LogP contribution in [0.2, 0.25) is 0 Å². The number of carbonyl (C=O) groups is 2. The first-order valence-electron chi connectivity index (χ1n) is 8.65. The van der Waals surface area contributed by atoms with Gasteiger partial charge in [0.25, 0.3) is 0 Å². The van der Waals surface area contributed by atoms with Gasteiger partial charge in [-0.2, -0.15) is 0 Å². The lowest BCUT2D eigenvalue weighted by Crippen LogP contribution is -2.40. The van der Waals surface area contributed by atoms with Gasteiger partial charge in [-0.15, -0.1) is 0 Å². The van der Waals surface area contributed by atoms with E-state index in [2.05, 4.69) is 5.32 Å². The van der Waals surface area contributed by atoms with Crippen LogP contribution in [-0.2, 0) is 16.0 Å². The molecule has 2 N–H and O–H groups in total. The zero-order valence-corrected chi connectivity index (χ0v) is 14.5. The van der Waals surface area contributed by atoms with Crippen LogP contribution in [0.15, 0.2) is 24.3 Å². The molecule has 24 heavy (non-hydrogen) atoms. The Labute approximate surface area is 143 Å². The number of nitrogens with one attached hydrogen (secondary N) is 1. The zero-order chi connectivity index (χ0) is 17.5. The molecule has 0 aliphatic heterocycles. The van der Waals surface area contributed by atoms with E-state index in [0.29, 0.717) is 12.8 Å². The minimum absolute atomic E-state index is 0.00295. The number of rotatable bonds is 7. The number of carboxylic acids is 1. The number of ether oxygens (including phenoxy) is 1. The molecule has 0 bridgehead atoms. The Bertz CT molecular complexity index is 555. The topological polar surface area (TPSA) is 75.6 Å². The van der Waals surface area contributed by atoms with E-state index in [0.717, 1.165) is 31.4 Å². The first-order chi connectivity index (χ1) is 11.5. The van der Waals surface area contributed by atoms with E-state index in [1.807, 2.05) is 31.2 Å². The van der Waals surface area contributed by atoms with Crippen molar-refractivity contribution in [2.75, 3.05) is 7.11 Å². The summed E-state index contributed by atoms with van der Waals surface area (Å²) in [4.78, 5) is 23.5. The molecule has 1 aliphatic carbocycles. The van der Waals surface area contributed by atoms with E-state index in [4.69, 9.17) is 9.84 Å². The highest BCUT2D eigenvalue weighted by atomic mass is 16.5. The van der Waals surface area contributed by atoms with E-state index >= 15 is 0 Å². The van der Waals surface area contributed by atoms with Crippen LogP contribution in [0.25, 0.3) is 0 Å². The van der Waals surface area contributed by atoms with E-state index in [-0.39, 0.29) is 23.8 Å². The van der Waals surface area contributed by atoms with Gasteiger partial charge in [-0.1, -0.05) is 18.6 Å². The average Bonchev–Trinajstić information content (AvgIpc) is 2.60. The maximum absolute atomic E-state index is 12.4. The van der Waals surface area contributed by atoms with Gasteiger partial charge in [0.1, 0.15) is 5.75 Å². The number of methoxy groups -OCH3 is 1. The number of aryl methyl sites for hydroxylation is 1. The second kappa shape index (κ2) is 8.71. The van der Waals surface area contributed by atoms with Crippen molar-refractivity contribution in [1.29, 1.82) is 0 Å². The van der Waals surface area contributed by atoms with Crippen molar-refractivity contribution in [3.8, 4) is 5.75 Å². The first-order valence-corrected chi connectivity index (χ1v) is 8.65. The summed E-state index contributed by atoms with van der Waals surface area (Å²) in [6.45, 7) is 2.00. The summed E-state index contributed by atoms with van der Waals surface area (Å²) in [6, 6.07) is 8.02. The highest BCUT2D eigenvalue weighted by Crippen LogP contribution is 2.29. The van der Waals surface area contributed by atoms with E-state index in [1.165, 1.54) is 5.56 Å². The summed E-state index contributed by atoms with van der Waals surface area (Å²) in [5, 5.41) is 12.2. The van der Waals surface area contributed by atoms with Crippen LogP contribution in [0.3, 0.4) is 0 Å². The highest BCUT2D eigenvalue weighted by molar-refractivity contribution is 5.80. The van der Waals surface area contributed by atoms with Gasteiger partial charge in [-0.25, -0.2) is 0 Å². The molecule has 0 radical (unpaired) electrons. The molecule has 5 heteroatoms. The van der Waals surface area contributed by atoms with Crippen molar-refractivity contribution in [3.05, 3.63) is 29.8 Å². The van der Waals surface area contributed by atoms with Crippen molar-refractivity contribution in [1.82, 2.24) is 5.32 Å². The van der Waals surface area contributed by atoms with Crippen LogP contribution >= 0.6 is 0 Å². The van der Waals surface area contributed by atoms with Crippen LogP contribution in [0.5, 0.6) is 5.75 Å². The fourth-order valence-electron chi connectivity index (χ4n) is 3.26. The van der Waals surface area contributed by atoms with E-state index < -0.39 is 5.97 Å². The molecular formula is C19H27NO4. The fraction of sp³-hybridized carbons (Fsp3) is 0.579. The van der Waals surface area contributed by atoms with Gasteiger partial charge in [0.2, 0.25) is 5.91 Å². The van der Waals surface area contributed by atoms with E-state index in [9.17, 15) is 9.59 Å². The van der Waals surface area contributed by atoms with Crippen LogP contribution in [0, 0.1) is 11.8 Å². The number of hydrogen-bond donors (Lipinski definition) is 2. The van der Waals surface area contributed by atoms with Gasteiger partial charge in [0.15, 0.2) is 0 Å². The lowest BCUT2D eigenvalue weighted by molar-refractivity contribution is -0.144. The number of carbonyl (C=O) groups excluding carboxylic acids is 1. The van der Waals surface area contributed by atoms with Crippen molar-refractivity contribution in [3.63, 3.8) is 0 Å². The summed E-state index contributed by atoms with van der Waals surface area (Å²) in [6.07, 6.45) is 4.50. The van der Waals surface area contributed by atoms with Crippen LogP contribution in [-0.4, -0.2) is 30.1 Å². The molecule has 1 amide bonds. The third-order valence-electron chi connectivity index (χ3n) is 4.81. The SMILES string of the molecule is COc1ccc(CCC(C)NC(=O)C2CCCC(C(=O)O)C2)cc1. The summed E-state index contributed by atoms with van der Waals surface area (Å²) in [5.74, 6) is -0.471. The molecule has 3 atom stereocenters. The third kappa shape index (κ3) is 5.25. The molecule has 132 valence electrons. The van der Waals surface area contributed by atoms with Crippen LogP contribution < -0.4 is 10.1 Å². The molecule has 0 spiro atoms. The summed E-state index contributed by atoms with van der Waals surface area (Å²) < 4.78 is 5.14. The smallest absolute Gasteiger partial charge is 0.306 e. The molecule has 0 saturated heterocycles. The maximum atomic E-state index is 12.4. The van der Waals surface area contributed by atoms with Crippen molar-refractivity contribution in [2.45, 2.75) is 51.5 Å². The van der Waals surface area contributed by atoms with Gasteiger partial charge in [0, 0.05) is 12.0 Å². The largest absolute Gasteiger partial charge is 0.497 e. The second-order valence-corrected chi connectivity index (χ2v) is 6.70. The minimum atomic E-state index is -0.778.